The van der Waals surface area contributed by atoms with Gasteiger partial charge < -0.3 is 11.1 Å². The van der Waals surface area contributed by atoms with Crippen molar-refractivity contribution in [3.8, 4) is 0 Å². The fourth-order valence-corrected chi connectivity index (χ4v) is 2.17. The number of aryl methyl sites for hydroxylation is 1. The van der Waals surface area contributed by atoms with Crippen molar-refractivity contribution in [1.82, 2.24) is 5.32 Å². The van der Waals surface area contributed by atoms with Crippen molar-refractivity contribution in [1.29, 1.82) is 0 Å². The van der Waals surface area contributed by atoms with Crippen LogP contribution < -0.4 is 11.1 Å². The first-order valence-corrected chi connectivity index (χ1v) is 5.99. The summed E-state index contributed by atoms with van der Waals surface area (Å²) in [6, 6.07) is 2.01. The van der Waals surface area contributed by atoms with Gasteiger partial charge in [0.25, 0.3) is 5.91 Å². The molecule has 0 bridgehead atoms. The number of hydrogen-bond acceptors (Lipinski definition) is 3. The third-order valence-corrected chi connectivity index (χ3v) is 3.46. The van der Waals surface area contributed by atoms with Gasteiger partial charge in [0.2, 0.25) is 0 Å². The molecular formula is C11H18N2OS. The van der Waals surface area contributed by atoms with E-state index in [4.69, 9.17) is 5.73 Å². The van der Waals surface area contributed by atoms with E-state index < -0.39 is 0 Å². The molecule has 0 aliphatic carbocycles. The summed E-state index contributed by atoms with van der Waals surface area (Å²) in [5.41, 5.74) is 6.63. The Kier molecular flexibility index (Phi) is 4.29. The predicted octanol–water partition coefficient (Wildman–Crippen LogP) is 1.77. The maximum absolute atomic E-state index is 11.8. The topological polar surface area (TPSA) is 55.1 Å². The first kappa shape index (κ1) is 12.2. The van der Waals surface area contributed by atoms with Gasteiger partial charge in [-0.3, -0.25) is 4.79 Å². The Bertz CT molecular complexity index is 333. The van der Waals surface area contributed by atoms with Gasteiger partial charge in [0.15, 0.2) is 0 Å². The Balaban J connectivity index is 2.67. The Morgan fingerprint density at radius 2 is 2.27 bits per heavy atom. The van der Waals surface area contributed by atoms with Gasteiger partial charge in [0, 0.05) is 12.6 Å². The van der Waals surface area contributed by atoms with Crippen molar-refractivity contribution >= 4 is 17.2 Å². The van der Waals surface area contributed by atoms with E-state index in [0.717, 1.165) is 10.4 Å². The zero-order valence-electron chi connectivity index (χ0n) is 9.41. The van der Waals surface area contributed by atoms with E-state index in [0.29, 0.717) is 12.5 Å². The van der Waals surface area contributed by atoms with Crippen LogP contribution in [0.3, 0.4) is 0 Å². The van der Waals surface area contributed by atoms with E-state index in [9.17, 15) is 4.79 Å². The molecule has 1 heterocycles. The normalized spacial score (nSPS) is 12.9. The monoisotopic (exact) mass is 226 g/mol. The van der Waals surface area contributed by atoms with E-state index in [1.54, 1.807) is 0 Å². The number of rotatable bonds is 4. The quantitative estimate of drug-likeness (QED) is 0.822. The van der Waals surface area contributed by atoms with Crippen LogP contribution in [0.1, 0.15) is 29.1 Å². The number of hydrogen-bond donors (Lipinski definition) is 2. The second kappa shape index (κ2) is 5.28. The van der Waals surface area contributed by atoms with Crippen LogP contribution in [-0.4, -0.2) is 18.5 Å². The lowest BCUT2D eigenvalue weighted by Gasteiger charge is -2.20. The average molecular weight is 226 g/mol. The van der Waals surface area contributed by atoms with Gasteiger partial charge in [-0.15, -0.1) is 11.3 Å². The molecule has 4 heteroatoms. The second-order valence-electron chi connectivity index (χ2n) is 3.99. The first-order chi connectivity index (χ1) is 7.06. The van der Waals surface area contributed by atoms with Crippen LogP contribution in [0, 0.1) is 12.8 Å². The lowest BCUT2D eigenvalue weighted by molar-refractivity contribution is 0.0931. The molecule has 0 spiro atoms. The average Bonchev–Trinajstić information content (AvgIpc) is 2.60. The van der Waals surface area contributed by atoms with Crippen molar-refractivity contribution in [3.63, 3.8) is 0 Å². The lowest BCUT2D eigenvalue weighted by Crippen LogP contribution is -2.43. The molecule has 1 atom stereocenters. The minimum Gasteiger partial charge on any atom is -0.347 e. The highest BCUT2D eigenvalue weighted by Crippen LogP contribution is 2.15. The van der Waals surface area contributed by atoms with Crippen LogP contribution in [0.5, 0.6) is 0 Å². The number of carbonyl (C=O) groups excluding carboxylic acids is 1. The molecule has 0 aliphatic rings. The fourth-order valence-electron chi connectivity index (χ4n) is 1.34. The Morgan fingerprint density at radius 3 is 2.67 bits per heavy atom. The first-order valence-electron chi connectivity index (χ1n) is 5.11. The molecule has 1 amide bonds. The Hall–Kier alpha value is -0.870. The van der Waals surface area contributed by atoms with E-state index in [1.165, 1.54) is 11.3 Å². The number of nitrogens with one attached hydrogen (secondary N) is 1. The van der Waals surface area contributed by atoms with Crippen molar-refractivity contribution in [3.05, 3.63) is 21.9 Å². The van der Waals surface area contributed by atoms with E-state index in [1.807, 2.05) is 18.4 Å². The van der Waals surface area contributed by atoms with Crippen molar-refractivity contribution in [2.75, 3.05) is 6.54 Å². The fraction of sp³-hybridized carbons (Fsp3) is 0.545. The van der Waals surface area contributed by atoms with Crippen LogP contribution in [0.25, 0.3) is 0 Å². The largest absolute Gasteiger partial charge is 0.347 e. The summed E-state index contributed by atoms with van der Waals surface area (Å²) in [5.74, 6) is 0.353. The summed E-state index contributed by atoms with van der Waals surface area (Å²) in [6.45, 7) is 6.53. The van der Waals surface area contributed by atoms with Gasteiger partial charge in [-0.25, -0.2) is 0 Å². The summed E-state index contributed by atoms with van der Waals surface area (Å²) in [5, 5.41) is 4.88. The molecule has 1 rings (SSSR count). The van der Waals surface area contributed by atoms with Crippen molar-refractivity contribution in [2.24, 2.45) is 11.7 Å². The third kappa shape index (κ3) is 3.04. The second-order valence-corrected chi connectivity index (χ2v) is 4.91. The standard InChI is InChI=1S/C11H18N2OS/c1-7(2)9(6-12)13-11(14)10-8(3)4-5-15-10/h4-5,7,9H,6,12H2,1-3H3,(H,13,14). The maximum Gasteiger partial charge on any atom is 0.261 e. The summed E-state index contributed by atoms with van der Waals surface area (Å²) >= 11 is 1.47. The minimum atomic E-state index is -0.00773. The van der Waals surface area contributed by atoms with Crippen molar-refractivity contribution < 1.29 is 4.79 Å². The van der Waals surface area contributed by atoms with E-state index >= 15 is 0 Å². The number of amides is 1. The smallest absolute Gasteiger partial charge is 0.261 e. The highest BCUT2D eigenvalue weighted by molar-refractivity contribution is 7.12. The van der Waals surface area contributed by atoms with Crippen LogP contribution in [0.4, 0.5) is 0 Å². The van der Waals surface area contributed by atoms with Gasteiger partial charge in [-0.1, -0.05) is 13.8 Å². The molecule has 1 aromatic heterocycles. The molecule has 0 saturated carbocycles. The summed E-state index contributed by atoms with van der Waals surface area (Å²) < 4.78 is 0. The summed E-state index contributed by atoms with van der Waals surface area (Å²) in [6.07, 6.45) is 0. The molecule has 0 aromatic carbocycles. The summed E-state index contributed by atoms with van der Waals surface area (Å²) in [4.78, 5) is 12.6. The van der Waals surface area contributed by atoms with Crippen LogP contribution in [0.15, 0.2) is 11.4 Å². The minimum absolute atomic E-state index is 0.00773. The summed E-state index contributed by atoms with van der Waals surface area (Å²) in [7, 11) is 0. The Morgan fingerprint density at radius 1 is 1.60 bits per heavy atom. The highest BCUT2D eigenvalue weighted by Gasteiger charge is 2.17. The third-order valence-electron chi connectivity index (χ3n) is 2.44. The van der Waals surface area contributed by atoms with Gasteiger partial charge in [-0.2, -0.15) is 0 Å². The van der Waals surface area contributed by atoms with Crippen LogP contribution >= 0.6 is 11.3 Å². The van der Waals surface area contributed by atoms with Gasteiger partial charge in [0.05, 0.1) is 4.88 Å². The molecule has 3 N–H and O–H groups in total. The molecule has 0 radical (unpaired) electrons. The Labute approximate surface area is 94.7 Å². The zero-order valence-corrected chi connectivity index (χ0v) is 10.2. The molecule has 84 valence electrons. The molecule has 0 aliphatic heterocycles. The van der Waals surface area contributed by atoms with E-state index in [-0.39, 0.29) is 11.9 Å². The lowest BCUT2D eigenvalue weighted by atomic mass is 10.0. The molecule has 15 heavy (non-hydrogen) atoms. The number of carbonyl (C=O) groups is 1. The number of nitrogens with two attached hydrogens (primary N) is 1. The van der Waals surface area contributed by atoms with Gasteiger partial charge >= 0.3 is 0 Å². The molecule has 0 fully saturated rings. The van der Waals surface area contributed by atoms with Crippen LogP contribution in [-0.2, 0) is 0 Å². The molecule has 0 saturated heterocycles. The molecule has 1 aromatic rings. The molecule has 3 nitrogen and oxygen atoms in total. The maximum atomic E-state index is 11.8. The van der Waals surface area contributed by atoms with Gasteiger partial charge in [0.1, 0.15) is 0 Å². The molecule has 1 unspecified atom stereocenters. The zero-order chi connectivity index (χ0) is 11.4. The SMILES string of the molecule is Cc1ccsc1C(=O)NC(CN)C(C)C. The van der Waals surface area contributed by atoms with Gasteiger partial charge in [-0.05, 0) is 29.9 Å². The molecular weight excluding hydrogens is 208 g/mol. The van der Waals surface area contributed by atoms with E-state index in [2.05, 4.69) is 19.2 Å². The van der Waals surface area contributed by atoms with Crippen molar-refractivity contribution in [2.45, 2.75) is 26.8 Å². The highest BCUT2D eigenvalue weighted by atomic mass is 32.1. The number of thiophene rings is 1. The van der Waals surface area contributed by atoms with Crippen LogP contribution in [0.2, 0.25) is 0 Å². The predicted molar refractivity (Wildman–Crippen MR) is 64.2 cm³/mol.